The molecule has 2 aromatic rings. The molecule has 1 unspecified atom stereocenters. The first kappa shape index (κ1) is 15.0. The Morgan fingerprint density at radius 2 is 2.15 bits per heavy atom. The second-order valence-corrected chi connectivity index (χ2v) is 5.55. The van der Waals surface area contributed by atoms with Crippen molar-refractivity contribution >= 4 is 15.9 Å². The predicted molar refractivity (Wildman–Crippen MR) is 84.9 cm³/mol. The number of halogens is 1. The molecule has 0 spiro atoms. The van der Waals surface area contributed by atoms with E-state index in [0.717, 1.165) is 27.8 Å². The first-order valence-corrected chi connectivity index (χ1v) is 7.51. The van der Waals surface area contributed by atoms with Gasteiger partial charge in [-0.25, -0.2) is 0 Å². The monoisotopic (exact) mass is 334 g/mol. The minimum absolute atomic E-state index is 0.220. The average Bonchev–Trinajstić information content (AvgIpc) is 2.47. The quantitative estimate of drug-likeness (QED) is 0.899. The minimum Gasteiger partial charge on any atom is -0.492 e. The number of aryl methyl sites for hydroxylation is 1. The summed E-state index contributed by atoms with van der Waals surface area (Å²) in [5.74, 6) is 0.767. The topological polar surface area (TPSA) is 48.1 Å². The van der Waals surface area contributed by atoms with Crippen LogP contribution in [0, 0.1) is 6.92 Å². The largest absolute Gasteiger partial charge is 0.492 e. The molecule has 1 atom stereocenters. The molecule has 0 bridgehead atoms. The zero-order valence-corrected chi connectivity index (χ0v) is 13.4. The molecule has 4 heteroatoms. The van der Waals surface area contributed by atoms with Crippen LogP contribution in [0.25, 0.3) is 0 Å². The number of nitrogens with two attached hydrogens (primary N) is 1. The maximum Gasteiger partial charge on any atom is 0.137 e. The molecule has 1 aromatic carbocycles. The molecule has 1 heterocycles. The van der Waals surface area contributed by atoms with Gasteiger partial charge in [0.05, 0.1) is 18.8 Å². The molecule has 0 amide bonds. The van der Waals surface area contributed by atoms with Gasteiger partial charge in [-0.2, -0.15) is 0 Å². The van der Waals surface area contributed by atoms with E-state index in [9.17, 15) is 0 Å². The van der Waals surface area contributed by atoms with Gasteiger partial charge in [0.25, 0.3) is 0 Å². The molecule has 20 heavy (non-hydrogen) atoms. The van der Waals surface area contributed by atoms with E-state index in [0.29, 0.717) is 6.61 Å². The number of benzene rings is 1. The number of hydrogen-bond donors (Lipinski definition) is 1. The second kappa shape index (κ2) is 6.86. The molecule has 0 aliphatic heterocycles. The van der Waals surface area contributed by atoms with Gasteiger partial charge in [0.15, 0.2) is 0 Å². The Kier molecular flexibility index (Phi) is 5.15. The Balaban J connectivity index is 2.28. The van der Waals surface area contributed by atoms with Crippen molar-refractivity contribution in [2.75, 3.05) is 6.61 Å². The fourth-order valence-electron chi connectivity index (χ4n) is 1.99. The molecule has 0 fully saturated rings. The first-order chi connectivity index (χ1) is 9.63. The zero-order chi connectivity index (χ0) is 14.5. The molecule has 2 rings (SSSR count). The molecule has 0 radical (unpaired) electrons. The van der Waals surface area contributed by atoms with Gasteiger partial charge in [0.2, 0.25) is 0 Å². The van der Waals surface area contributed by atoms with Crippen LogP contribution in [0.2, 0.25) is 0 Å². The highest BCUT2D eigenvalue weighted by atomic mass is 79.9. The summed E-state index contributed by atoms with van der Waals surface area (Å²) in [6, 6.07) is 7.84. The number of pyridine rings is 1. The Morgan fingerprint density at radius 3 is 2.90 bits per heavy atom. The molecule has 1 aromatic heterocycles. The summed E-state index contributed by atoms with van der Waals surface area (Å²) in [6.07, 6.45) is 4.48. The summed E-state index contributed by atoms with van der Waals surface area (Å²) in [4.78, 5) is 4.22. The fourth-order valence-corrected chi connectivity index (χ4v) is 2.51. The highest BCUT2D eigenvalue weighted by molar-refractivity contribution is 9.10. The van der Waals surface area contributed by atoms with Gasteiger partial charge >= 0.3 is 0 Å². The lowest BCUT2D eigenvalue weighted by Crippen LogP contribution is -2.13. The van der Waals surface area contributed by atoms with Crippen LogP contribution in [-0.4, -0.2) is 11.6 Å². The molecule has 3 nitrogen and oxygen atoms in total. The lowest BCUT2D eigenvalue weighted by molar-refractivity contribution is 0.315. The summed E-state index contributed by atoms with van der Waals surface area (Å²) in [7, 11) is 0. The van der Waals surface area contributed by atoms with Crippen molar-refractivity contribution in [3.05, 3.63) is 57.8 Å². The van der Waals surface area contributed by atoms with Crippen molar-refractivity contribution in [2.24, 2.45) is 5.73 Å². The van der Waals surface area contributed by atoms with Gasteiger partial charge in [0.1, 0.15) is 5.75 Å². The second-order valence-electron chi connectivity index (χ2n) is 4.76. The van der Waals surface area contributed by atoms with Crippen LogP contribution >= 0.6 is 15.9 Å². The zero-order valence-electron chi connectivity index (χ0n) is 11.8. The summed E-state index contributed by atoms with van der Waals surface area (Å²) >= 11 is 3.61. The van der Waals surface area contributed by atoms with Gasteiger partial charge in [-0.3, -0.25) is 4.98 Å². The highest BCUT2D eigenvalue weighted by Crippen LogP contribution is 2.30. The third-order valence-corrected chi connectivity index (χ3v) is 4.21. The molecule has 2 N–H and O–H groups in total. The van der Waals surface area contributed by atoms with E-state index >= 15 is 0 Å². The van der Waals surface area contributed by atoms with Gasteiger partial charge < -0.3 is 10.5 Å². The van der Waals surface area contributed by atoms with E-state index in [-0.39, 0.29) is 6.04 Å². The maximum atomic E-state index is 6.36. The van der Waals surface area contributed by atoms with E-state index in [1.165, 1.54) is 5.56 Å². The summed E-state index contributed by atoms with van der Waals surface area (Å²) in [5, 5.41) is 0. The Morgan fingerprint density at radius 1 is 1.35 bits per heavy atom. The van der Waals surface area contributed by atoms with Crippen LogP contribution in [0.15, 0.2) is 41.1 Å². The maximum absolute atomic E-state index is 6.36. The van der Waals surface area contributed by atoms with Crippen molar-refractivity contribution in [1.82, 2.24) is 4.98 Å². The average molecular weight is 335 g/mol. The SMILES string of the molecule is CCCOc1cncc(C(N)c2cccc(C)c2Br)c1. The minimum atomic E-state index is -0.220. The van der Waals surface area contributed by atoms with Gasteiger partial charge in [-0.1, -0.05) is 41.1 Å². The van der Waals surface area contributed by atoms with Crippen LogP contribution in [0.4, 0.5) is 0 Å². The third-order valence-electron chi connectivity index (χ3n) is 3.12. The van der Waals surface area contributed by atoms with Crippen LogP contribution in [-0.2, 0) is 0 Å². The Hall–Kier alpha value is -1.39. The van der Waals surface area contributed by atoms with E-state index in [4.69, 9.17) is 10.5 Å². The number of ether oxygens (including phenoxy) is 1. The summed E-state index contributed by atoms with van der Waals surface area (Å²) in [5.41, 5.74) is 9.53. The molecule has 0 saturated heterocycles. The predicted octanol–water partition coefficient (Wildman–Crippen LogP) is 3.99. The van der Waals surface area contributed by atoms with E-state index in [1.807, 2.05) is 18.2 Å². The van der Waals surface area contributed by atoms with E-state index in [2.05, 4.69) is 40.8 Å². The molecular formula is C16H19BrN2O. The summed E-state index contributed by atoms with van der Waals surface area (Å²) < 4.78 is 6.65. The fraction of sp³-hybridized carbons (Fsp3) is 0.312. The van der Waals surface area contributed by atoms with E-state index in [1.54, 1.807) is 12.4 Å². The van der Waals surface area contributed by atoms with Crippen molar-refractivity contribution < 1.29 is 4.74 Å². The standard InChI is InChI=1S/C16H19BrN2O/c1-3-7-20-13-8-12(9-19-10-13)16(18)14-6-4-5-11(2)15(14)17/h4-6,8-10,16H,3,7,18H2,1-2H3. The lowest BCUT2D eigenvalue weighted by atomic mass is 9.99. The molecule has 0 saturated carbocycles. The van der Waals surface area contributed by atoms with E-state index < -0.39 is 0 Å². The molecule has 0 aliphatic rings. The lowest BCUT2D eigenvalue weighted by Gasteiger charge is -2.16. The highest BCUT2D eigenvalue weighted by Gasteiger charge is 2.14. The van der Waals surface area contributed by atoms with Crippen molar-refractivity contribution in [1.29, 1.82) is 0 Å². The number of nitrogens with zero attached hydrogens (tertiary/aromatic N) is 1. The third kappa shape index (κ3) is 3.38. The van der Waals surface area contributed by atoms with Crippen LogP contribution in [0.3, 0.4) is 0 Å². The molecule has 0 aliphatic carbocycles. The van der Waals surface area contributed by atoms with Crippen molar-refractivity contribution in [3.8, 4) is 5.75 Å². The van der Waals surface area contributed by atoms with Crippen LogP contribution < -0.4 is 10.5 Å². The molecular weight excluding hydrogens is 316 g/mol. The van der Waals surface area contributed by atoms with Crippen LogP contribution in [0.5, 0.6) is 5.75 Å². The first-order valence-electron chi connectivity index (χ1n) is 6.71. The normalized spacial score (nSPS) is 12.2. The smallest absolute Gasteiger partial charge is 0.137 e. The Labute approximate surface area is 128 Å². The van der Waals surface area contributed by atoms with Crippen molar-refractivity contribution in [2.45, 2.75) is 26.3 Å². The summed E-state index contributed by atoms with van der Waals surface area (Å²) in [6.45, 7) is 4.82. The van der Waals surface area contributed by atoms with Crippen LogP contribution in [0.1, 0.15) is 36.1 Å². The van der Waals surface area contributed by atoms with Crippen molar-refractivity contribution in [3.63, 3.8) is 0 Å². The van der Waals surface area contributed by atoms with Gasteiger partial charge in [-0.15, -0.1) is 0 Å². The van der Waals surface area contributed by atoms with Gasteiger partial charge in [0, 0.05) is 10.7 Å². The number of rotatable bonds is 5. The van der Waals surface area contributed by atoms with Gasteiger partial charge in [-0.05, 0) is 36.1 Å². The number of aromatic nitrogens is 1. The Bertz CT molecular complexity index is 586. The number of hydrogen-bond acceptors (Lipinski definition) is 3. The molecule has 106 valence electrons.